The van der Waals surface area contributed by atoms with Gasteiger partial charge in [0.15, 0.2) is 0 Å². The number of hydrogen-bond donors (Lipinski definition) is 1. The molecule has 136 valence electrons. The van der Waals surface area contributed by atoms with Gasteiger partial charge in [-0.3, -0.25) is 9.58 Å². The van der Waals surface area contributed by atoms with Crippen molar-refractivity contribution < 1.29 is 0 Å². The molecule has 3 heterocycles. The van der Waals surface area contributed by atoms with E-state index in [1.807, 2.05) is 17.9 Å². The molecule has 2 aliphatic heterocycles. The SMILES string of the molecule is Cc1ccc(CN2CCC3(CCNCC3)C2)c(-c2ccnn2C)c1.Cl. The Morgan fingerprint density at radius 1 is 1.16 bits per heavy atom. The minimum Gasteiger partial charge on any atom is -0.317 e. The van der Waals surface area contributed by atoms with E-state index in [1.54, 1.807) is 0 Å². The molecular weight excluding hydrogens is 332 g/mol. The number of halogens is 1. The third-order valence-corrected chi connectivity index (χ3v) is 5.94. The van der Waals surface area contributed by atoms with Gasteiger partial charge >= 0.3 is 0 Å². The van der Waals surface area contributed by atoms with Gasteiger partial charge in [0, 0.05) is 31.9 Å². The molecule has 1 aromatic heterocycles. The van der Waals surface area contributed by atoms with Crippen LogP contribution >= 0.6 is 12.4 Å². The van der Waals surface area contributed by atoms with Gasteiger partial charge in [-0.2, -0.15) is 5.10 Å². The van der Waals surface area contributed by atoms with Crippen molar-refractivity contribution >= 4 is 12.4 Å². The minimum absolute atomic E-state index is 0. The van der Waals surface area contributed by atoms with Crippen molar-refractivity contribution in [2.24, 2.45) is 12.5 Å². The van der Waals surface area contributed by atoms with Crippen LogP contribution in [-0.4, -0.2) is 40.9 Å². The molecule has 1 aromatic carbocycles. The van der Waals surface area contributed by atoms with Crippen molar-refractivity contribution in [1.82, 2.24) is 20.0 Å². The van der Waals surface area contributed by atoms with Crippen LogP contribution < -0.4 is 5.32 Å². The third kappa shape index (κ3) is 3.76. The van der Waals surface area contributed by atoms with Crippen molar-refractivity contribution in [3.05, 3.63) is 41.6 Å². The van der Waals surface area contributed by atoms with Gasteiger partial charge in [-0.1, -0.05) is 17.7 Å². The van der Waals surface area contributed by atoms with Gasteiger partial charge in [0.1, 0.15) is 0 Å². The molecule has 0 saturated carbocycles. The summed E-state index contributed by atoms with van der Waals surface area (Å²) in [7, 11) is 2.03. The van der Waals surface area contributed by atoms with E-state index in [9.17, 15) is 0 Å². The minimum atomic E-state index is 0. The molecule has 2 aromatic rings. The smallest absolute Gasteiger partial charge is 0.0682 e. The largest absolute Gasteiger partial charge is 0.317 e. The van der Waals surface area contributed by atoms with Gasteiger partial charge in [-0.25, -0.2) is 0 Å². The lowest BCUT2D eigenvalue weighted by Crippen LogP contribution is -2.38. The molecule has 0 bridgehead atoms. The maximum absolute atomic E-state index is 4.36. The highest BCUT2D eigenvalue weighted by Gasteiger charge is 2.38. The summed E-state index contributed by atoms with van der Waals surface area (Å²) < 4.78 is 1.98. The Kier molecular flexibility index (Phi) is 5.52. The Bertz CT molecular complexity index is 718. The van der Waals surface area contributed by atoms with Crippen LogP contribution in [0.5, 0.6) is 0 Å². The summed E-state index contributed by atoms with van der Waals surface area (Å²) in [6.07, 6.45) is 5.93. The zero-order chi connectivity index (χ0) is 16.6. The first-order chi connectivity index (χ1) is 11.7. The fourth-order valence-corrected chi connectivity index (χ4v) is 4.47. The van der Waals surface area contributed by atoms with E-state index in [-0.39, 0.29) is 12.4 Å². The molecule has 4 rings (SSSR count). The molecule has 2 aliphatic rings. The summed E-state index contributed by atoms with van der Waals surface area (Å²) >= 11 is 0. The molecule has 0 amide bonds. The summed E-state index contributed by atoms with van der Waals surface area (Å²) in [4.78, 5) is 2.66. The highest BCUT2D eigenvalue weighted by molar-refractivity contribution is 5.85. The van der Waals surface area contributed by atoms with E-state index in [2.05, 4.69) is 46.5 Å². The second-order valence-electron chi connectivity index (χ2n) is 7.71. The van der Waals surface area contributed by atoms with Gasteiger partial charge in [-0.15, -0.1) is 12.4 Å². The van der Waals surface area contributed by atoms with E-state index in [4.69, 9.17) is 0 Å². The van der Waals surface area contributed by atoms with Gasteiger partial charge in [0.05, 0.1) is 5.69 Å². The predicted molar refractivity (Wildman–Crippen MR) is 105 cm³/mol. The monoisotopic (exact) mass is 360 g/mol. The molecular formula is C20H29ClN4. The molecule has 0 aliphatic carbocycles. The predicted octanol–water partition coefficient (Wildman–Crippen LogP) is 3.39. The number of rotatable bonds is 3. The van der Waals surface area contributed by atoms with Crippen molar-refractivity contribution in [3.63, 3.8) is 0 Å². The highest BCUT2D eigenvalue weighted by atomic mass is 35.5. The zero-order valence-electron chi connectivity index (χ0n) is 15.3. The maximum Gasteiger partial charge on any atom is 0.0682 e. The van der Waals surface area contributed by atoms with Crippen LogP contribution in [0.1, 0.15) is 30.4 Å². The molecule has 4 nitrogen and oxygen atoms in total. The van der Waals surface area contributed by atoms with E-state index in [1.165, 1.54) is 67.8 Å². The van der Waals surface area contributed by atoms with Crippen LogP contribution in [0.15, 0.2) is 30.5 Å². The molecule has 0 unspecified atom stereocenters. The summed E-state index contributed by atoms with van der Waals surface area (Å²) in [5, 5.41) is 7.87. The fourth-order valence-electron chi connectivity index (χ4n) is 4.47. The molecule has 0 atom stereocenters. The van der Waals surface area contributed by atoms with Crippen molar-refractivity contribution in [2.45, 2.75) is 32.7 Å². The molecule has 2 saturated heterocycles. The highest BCUT2D eigenvalue weighted by Crippen LogP contribution is 2.39. The van der Waals surface area contributed by atoms with Crippen molar-refractivity contribution in [3.8, 4) is 11.3 Å². The molecule has 2 fully saturated rings. The lowest BCUT2D eigenvalue weighted by atomic mass is 9.78. The average molecular weight is 361 g/mol. The lowest BCUT2D eigenvalue weighted by molar-refractivity contribution is 0.194. The van der Waals surface area contributed by atoms with Crippen LogP contribution in [0.25, 0.3) is 11.3 Å². The van der Waals surface area contributed by atoms with Gasteiger partial charge in [-0.05, 0) is 68.9 Å². The van der Waals surface area contributed by atoms with E-state index >= 15 is 0 Å². The number of nitrogens with zero attached hydrogens (tertiary/aromatic N) is 3. The first-order valence-electron chi connectivity index (χ1n) is 9.16. The molecule has 0 radical (unpaired) electrons. The first kappa shape index (κ1) is 18.4. The average Bonchev–Trinajstić information content (AvgIpc) is 3.17. The van der Waals surface area contributed by atoms with E-state index < -0.39 is 0 Å². The lowest BCUT2D eigenvalue weighted by Gasteiger charge is -2.34. The zero-order valence-corrected chi connectivity index (χ0v) is 16.1. The number of likely N-dealkylation sites (tertiary alicyclic amines) is 1. The van der Waals surface area contributed by atoms with Gasteiger partial charge in [0.2, 0.25) is 0 Å². The topological polar surface area (TPSA) is 33.1 Å². The quantitative estimate of drug-likeness (QED) is 0.910. The van der Waals surface area contributed by atoms with Crippen LogP contribution in [0.4, 0.5) is 0 Å². The Hall–Kier alpha value is -1.36. The van der Waals surface area contributed by atoms with Crippen molar-refractivity contribution in [2.75, 3.05) is 26.2 Å². The summed E-state index contributed by atoms with van der Waals surface area (Å²) in [6.45, 7) is 8.10. The molecule has 1 N–H and O–H groups in total. The van der Waals surface area contributed by atoms with Crippen LogP contribution in [0.3, 0.4) is 0 Å². The van der Waals surface area contributed by atoms with E-state index in [0.717, 1.165) is 6.54 Å². The summed E-state index contributed by atoms with van der Waals surface area (Å²) in [5.74, 6) is 0. The first-order valence-corrected chi connectivity index (χ1v) is 9.16. The standard InChI is InChI=1S/C20H28N4.ClH/c1-16-3-4-17(18(13-16)19-5-9-22-23(19)2)14-24-12-8-20(15-24)6-10-21-11-7-20;/h3-5,9,13,21H,6-8,10-12,14-15H2,1-2H3;1H. The van der Waals surface area contributed by atoms with Crippen LogP contribution in [-0.2, 0) is 13.6 Å². The number of aromatic nitrogens is 2. The van der Waals surface area contributed by atoms with Gasteiger partial charge in [0.25, 0.3) is 0 Å². The maximum atomic E-state index is 4.36. The van der Waals surface area contributed by atoms with Crippen LogP contribution in [0, 0.1) is 12.3 Å². The molecule has 5 heteroatoms. The normalized spacial score (nSPS) is 19.9. The van der Waals surface area contributed by atoms with Gasteiger partial charge < -0.3 is 5.32 Å². The third-order valence-electron chi connectivity index (χ3n) is 5.94. The second kappa shape index (κ2) is 7.48. The number of aryl methyl sites for hydroxylation is 2. The Morgan fingerprint density at radius 3 is 2.68 bits per heavy atom. The molecule has 25 heavy (non-hydrogen) atoms. The summed E-state index contributed by atoms with van der Waals surface area (Å²) in [5.41, 5.74) is 5.86. The van der Waals surface area contributed by atoms with Crippen molar-refractivity contribution in [1.29, 1.82) is 0 Å². The number of nitrogens with one attached hydrogen (secondary N) is 1. The summed E-state index contributed by atoms with van der Waals surface area (Å²) in [6, 6.07) is 8.98. The Balaban J connectivity index is 0.00000182. The molecule has 1 spiro atoms. The fraction of sp³-hybridized carbons (Fsp3) is 0.550. The number of benzene rings is 1. The number of piperidine rings is 1. The second-order valence-corrected chi connectivity index (χ2v) is 7.71. The Labute approximate surface area is 157 Å². The van der Waals surface area contributed by atoms with E-state index in [0.29, 0.717) is 5.41 Å². The number of hydrogen-bond acceptors (Lipinski definition) is 3. The van der Waals surface area contributed by atoms with Crippen LogP contribution in [0.2, 0.25) is 0 Å². The Morgan fingerprint density at radius 2 is 1.96 bits per heavy atom.